The highest BCUT2D eigenvalue weighted by atomic mass is 28.5. The summed E-state index contributed by atoms with van der Waals surface area (Å²) in [5, 5.41) is 0. The minimum atomic E-state index is -3.12. The molecule has 0 aliphatic rings. The van der Waals surface area contributed by atoms with Crippen LogP contribution in [-0.2, 0) is 24.7 Å². The molecule has 0 heterocycles. The van der Waals surface area contributed by atoms with Crippen LogP contribution in [0.25, 0.3) is 0 Å². The smallest absolute Gasteiger partial charge is 0.437 e. The fraction of sp³-hybridized carbons (Fsp3) is 1.00. The molecule has 0 aromatic carbocycles. The van der Waals surface area contributed by atoms with E-state index in [1.165, 1.54) is 0 Å². The van der Waals surface area contributed by atoms with E-state index in [4.69, 9.17) is 24.7 Å². The van der Waals surface area contributed by atoms with Crippen molar-refractivity contribution in [3.63, 3.8) is 0 Å². The summed E-state index contributed by atoms with van der Waals surface area (Å²) in [5.41, 5.74) is 0. The first kappa shape index (κ1) is 32.3. The number of hydrogen-bond donors (Lipinski definition) is 0. The van der Waals surface area contributed by atoms with Gasteiger partial charge in [-0.2, -0.15) is 0 Å². The van der Waals surface area contributed by atoms with E-state index < -0.39 is 59.4 Å². The van der Waals surface area contributed by atoms with E-state index in [9.17, 15) is 0 Å². The van der Waals surface area contributed by atoms with Gasteiger partial charge in [-0.1, -0.05) is 13.3 Å². The van der Waals surface area contributed by atoms with Crippen molar-refractivity contribution in [2.45, 2.75) is 118 Å². The zero-order valence-electron chi connectivity index (χ0n) is 23.4. The van der Waals surface area contributed by atoms with Crippen LogP contribution in [0.15, 0.2) is 0 Å². The lowest BCUT2D eigenvalue weighted by molar-refractivity contribution is 0.191. The highest BCUT2D eigenvalue weighted by molar-refractivity contribution is 6.92. The molecule has 0 aromatic heterocycles. The average Bonchev–Trinajstić information content (AvgIpc) is 2.24. The van der Waals surface area contributed by atoms with Crippen LogP contribution in [0.4, 0.5) is 0 Å². The molecule has 0 aromatic rings. The Morgan fingerprint density at radius 3 is 0.774 bits per heavy atom. The summed E-state index contributed by atoms with van der Waals surface area (Å²) in [4.78, 5) is 0. The Morgan fingerprint density at radius 1 is 0.387 bits per heavy atom. The SMILES string of the molecule is CCC[Si](O[Si](C)(C)O[Si](C)(C)C)(O[Si](C)(C)O[Si](C)(C)C)O[Si](C)(C)O[Si](C)(C)C. The van der Waals surface area contributed by atoms with Gasteiger partial charge < -0.3 is 24.7 Å². The molecule has 188 valence electrons. The molecule has 13 heteroatoms. The van der Waals surface area contributed by atoms with Crippen LogP contribution in [0.2, 0.25) is 104 Å². The Balaban J connectivity index is 6.24. The summed E-state index contributed by atoms with van der Waals surface area (Å²) < 4.78 is 40.5. The van der Waals surface area contributed by atoms with Gasteiger partial charge in [-0.25, -0.2) is 0 Å². The average molecular weight is 561 g/mol. The summed E-state index contributed by atoms with van der Waals surface area (Å²) in [6, 6.07) is 0.746. The first-order valence-electron chi connectivity index (χ1n) is 11.5. The molecule has 0 N–H and O–H groups in total. The van der Waals surface area contributed by atoms with E-state index in [2.05, 4.69) is 105 Å². The predicted octanol–water partition coefficient (Wildman–Crippen LogP) is 7.05. The van der Waals surface area contributed by atoms with Crippen LogP contribution < -0.4 is 0 Å². The molecule has 6 nitrogen and oxygen atoms in total. The van der Waals surface area contributed by atoms with Crippen molar-refractivity contribution in [2.24, 2.45) is 0 Å². The molecule has 0 amide bonds. The molecule has 0 saturated carbocycles. The lowest BCUT2D eigenvalue weighted by Gasteiger charge is -2.46. The van der Waals surface area contributed by atoms with Crippen molar-refractivity contribution >= 4 is 59.4 Å². The quantitative estimate of drug-likeness (QED) is 0.212. The van der Waals surface area contributed by atoms with Gasteiger partial charge in [0.25, 0.3) is 0 Å². The van der Waals surface area contributed by atoms with E-state index in [-0.39, 0.29) is 0 Å². The minimum absolute atomic E-state index is 0.746. The highest BCUT2D eigenvalue weighted by Crippen LogP contribution is 2.33. The zero-order valence-corrected chi connectivity index (χ0v) is 30.4. The minimum Gasteiger partial charge on any atom is -0.437 e. The molecule has 0 aliphatic carbocycles. The van der Waals surface area contributed by atoms with E-state index in [1.807, 2.05) is 0 Å². The summed E-state index contributed by atoms with van der Waals surface area (Å²) in [7, 11) is -16.0. The first-order valence-corrected chi connectivity index (χ1v) is 32.1. The molecule has 0 atom stereocenters. The Hall–Kier alpha value is 1.28. The third kappa shape index (κ3) is 15.7. The maximum atomic E-state index is 6.93. The van der Waals surface area contributed by atoms with Crippen molar-refractivity contribution < 1.29 is 24.7 Å². The summed E-state index contributed by atoms with van der Waals surface area (Å²) >= 11 is 0. The second-order valence-corrected chi connectivity index (χ2v) is 40.4. The first-order chi connectivity index (χ1) is 13.3. The van der Waals surface area contributed by atoms with Crippen LogP contribution in [0, 0.1) is 0 Å². The van der Waals surface area contributed by atoms with Crippen LogP contribution in [0.5, 0.6) is 0 Å². The van der Waals surface area contributed by atoms with Crippen LogP contribution >= 0.6 is 0 Å². The van der Waals surface area contributed by atoms with Gasteiger partial charge >= 0.3 is 34.5 Å². The van der Waals surface area contributed by atoms with Crippen LogP contribution in [-0.4, -0.2) is 59.4 Å². The van der Waals surface area contributed by atoms with Crippen molar-refractivity contribution in [1.29, 1.82) is 0 Å². The third-order valence-electron chi connectivity index (χ3n) is 3.42. The number of hydrogen-bond acceptors (Lipinski definition) is 6. The molecule has 31 heavy (non-hydrogen) atoms. The third-order valence-corrected chi connectivity index (χ3v) is 27.4. The van der Waals surface area contributed by atoms with Crippen molar-refractivity contribution in [3.05, 3.63) is 0 Å². The highest BCUT2D eigenvalue weighted by Gasteiger charge is 2.55. The Kier molecular flexibility index (Phi) is 11.4. The lowest BCUT2D eigenvalue weighted by Crippen LogP contribution is -2.65. The van der Waals surface area contributed by atoms with Crippen molar-refractivity contribution in [1.82, 2.24) is 0 Å². The maximum absolute atomic E-state index is 6.93. The summed E-state index contributed by atoms with van der Waals surface area (Å²) in [6.45, 7) is 34.7. The molecule has 0 aliphatic heterocycles. The predicted molar refractivity (Wildman–Crippen MR) is 150 cm³/mol. The molecular formula is C18H52O6Si7. The molecule has 0 radical (unpaired) electrons. The van der Waals surface area contributed by atoms with Crippen LogP contribution in [0.3, 0.4) is 0 Å². The van der Waals surface area contributed by atoms with E-state index in [0.29, 0.717) is 0 Å². The van der Waals surface area contributed by atoms with Gasteiger partial charge in [0, 0.05) is 6.04 Å². The van der Waals surface area contributed by atoms with E-state index in [1.54, 1.807) is 0 Å². The van der Waals surface area contributed by atoms with Gasteiger partial charge in [0.2, 0.25) is 0 Å². The van der Waals surface area contributed by atoms with Crippen molar-refractivity contribution in [2.75, 3.05) is 0 Å². The molecular weight excluding hydrogens is 509 g/mol. The zero-order chi connectivity index (χ0) is 25.2. The van der Waals surface area contributed by atoms with Crippen LogP contribution in [0.1, 0.15) is 13.3 Å². The molecule has 0 spiro atoms. The standard InChI is InChI=1S/C18H52O6Si7/c1-17-18-31(22-28(11,12)19-25(2,3)4,23-29(13,14)20-26(5,6)7)24-30(15,16)21-27(8,9)10/h17-18H2,1-16H3. The van der Waals surface area contributed by atoms with Gasteiger partial charge in [-0.15, -0.1) is 0 Å². The van der Waals surface area contributed by atoms with Gasteiger partial charge in [0.15, 0.2) is 25.0 Å². The fourth-order valence-corrected chi connectivity index (χ4v) is 35.7. The normalized spacial score (nSPS) is 15.5. The summed E-state index contributed by atoms with van der Waals surface area (Å²) in [6.07, 6.45) is 0.915. The molecule has 0 bridgehead atoms. The van der Waals surface area contributed by atoms with E-state index in [0.717, 1.165) is 12.5 Å². The Labute approximate surface area is 201 Å². The van der Waals surface area contributed by atoms with Crippen molar-refractivity contribution in [3.8, 4) is 0 Å². The Morgan fingerprint density at radius 2 is 0.613 bits per heavy atom. The summed E-state index contributed by atoms with van der Waals surface area (Å²) in [5.74, 6) is 0. The van der Waals surface area contributed by atoms with Gasteiger partial charge in [-0.05, 0) is 98.2 Å². The Bertz CT molecular complexity index is 491. The van der Waals surface area contributed by atoms with Gasteiger partial charge in [0.05, 0.1) is 0 Å². The fourth-order valence-electron chi connectivity index (χ4n) is 3.92. The number of rotatable bonds is 14. The maximum Gasteiger partial charge on any atom is 0.474 e. The largest absolute Gasteiger partial charge is 0.474 e. The molecule has 0 rings (SSSR count). The van der Waals surface area contributed by atoms with E-state index >= 15 is 0 Å². The monoisotopic (exact) mass is 560 g/mol. The molecule has 0 saturated heterocycles. The second-order valence-electron chi connectivity index (χ2n) is 12.6. The second kappa shape index (κ2) is 10.9. The van der Waals surface area contributed by atoms with Gasteiger partial charge in [0.1, 0.15) is 0 Å². The van der Waals surface area contributed by atoms with Gasteiger partial charge in [-0.3, -0.25) is 0 Å². The lowest BCUT2D eigenvalue weighted by atomic mass is 10.6. The molecule has 0 unspecified atom stereocenters. The topological polar surface area (TPSA) is 55.4 Å². The molecule has 0 fully saturated rings.